The van der Waals surface area contributed by atoms with Gasteiger partial charge in [0.15, 0.2) is 5.82 Å². The lowest BCUT2D eigenvalue weighted by molar-refractivity contribution is -0.112. The number of aryl methyl sites for hydroxylation is 2. The van der Waals surface area contributed by atoms with Gasteiger partial charge >= 0.3 is 0 Å². The van der Waals surface area contributed by atoms with E-state index in [0.717, 1.165) is 29.7 Å². The van der Waals surface area contributed by atoms with Crippen LogP contribution < -0.4 is 11.1 Å². The second kappa shape index (κ2) is 8.12. The molecule has 0 saturated heterocycles. The number of fused-ring (bicyclic) bond motifs is 1. The molecule has 166 valence electrons. The second-order valence-electron chi connectivity index (χ2n) is 8.42. The Morgan fingerprint density at radius 2 is 2.03 bits per heavy atom. The van der Waals surface area contributed by atoms with Gasteiger partial charge in [-0.3, -0.25) is 14.5 Å². The highest BCUT2D eigenvalue weighted by Crippen LogP contribution is 2.37. The van der Waals surface area contributed by atoms with Gasteiger partial charge in [0, 0.05) is 47.4 Å². The first-order chi connectivity index (χ1) is 15.9. The monoisotopic (exact) mass is 442 g/mol. The Morgan fingerprint density at radius 1 is 1.21 bits per heavy atom. The fourth-order valence-electron chi connectivity index (χ4n) is 4.14. The van der Waals surface area contributed by atoms with Gasteiger partial charge in [0.2, 0.25) is 5.91 Å². The van der Waals surface area contributed by atoms with Gasteiger partial charge in [0.1, 0.15) is 5.82 Å². The molecular formula is C25H23FN6O. The molecule has 1 saturated carbocycles. The van der Waals surface area contributed by atoms with Crippen molar-refractivity contribution in [3.05, 3.63) is 77.8 Å². The number of aromatic nitrogens is 4. The third kappa shape index (κ3) is 3.95. The zero-order valence-electron chi connectivity index (χ0n) is 18.3. The zero-order valence-corrected chi connectivity index (χ0v) is 18.3. The van der Waals surface area contributed by atoms with Crippen molar-refractivity contribution in [3.8, 4) is 11.1 Å². The topological polar surface area (TPSA) is 98.7 Å². The molecule has 0 aliphatic heterocycles. The van der Waals surface area contributed by atoms with Crippen LogP contribution in [0.25, 0.3) is 21.9 Å². The van der Waals surface area contributed by atoms with Crippen LogP contribution in [0.15, 0.2) is 60.7 Å². The van der Waals surface area contributed by atoms with Crippen LogP contribution in [0.2, 0.25) is 0 Å². The number of hydrogen-bond acceptors (Lipinski definition) is 5. The van der Waals surface area contributed by atoms with E-state index in [1.807, 2.05) is 36.9 Å². The molecule has 7 nitrogen and oxygen atoms in total. The lowest BCUT2D eigenvalue weighted by Gasteiger charge is -2.29. The van der Waals surface area contributed by atoms with Crippen LogP contribution in [0, 0.1) is 19.7 Å². The highest BCUT2D eigenvalue weighted by Gasteiger charge is 2.26. The number of halogens is 1. The molecule has 1 aliphatic carbocycles. The SMILES string of the molecule is Cc1ccn(C2CC(=CC(=O)Nc3cc4cc(-c5cnccc5C)c(F)c(N)c4cn3)C2)n1. The third-order valence-corrected chi connectivity index (χ3v) is 6.03. The molecule has 0 unspecified atom stereocenters. The van der Waals surface area contributed by atoms with Gasteiger partial charge < -0.3 is 11.1 Å². The van der Waals surface area contributed by atoms with E-state index >= 15 is 0 Å². The quantitative estimate of drug-likeness (QED) is 0.352. The van der Waals surface area contributed by atoms with Crippen LogP contribution in [-0.4, -0.2) is 25.7 Å². The summed E-state index contributed by atoms with van der Waals surface area (Å²) in [4.78, 5) is 20.9. The summed E-state index contributed by atoms with van der Waals surface area (Å²) in [5.41, 5.74) is 10.1. The van der Waals surface area contributed by atoms with Gasteiger partial charge in [-0.05, 0) is 61.9 Å². The predicted octanol–water partition coefficient (Wildman–Crippen LogP) is 4.73. The summed E-state index contributed by atoms with van der Waals surface area (Å²) in [6, 6.07) is 7.50. The minimum atomic E-state index is -0.506. The summed E-state index contributed by atoms with van der Waals surface area (Å²) in [6.45, 7) is 3.85. The van der Waals surface area contributed by atoms with Crippen LogP contribution in [0.3, 0.4) is 0 Å². The number of nitrogens with one attached hydrogen (secondary N) is 1. The highest BCUT2D eigenvalue weighted by molar-refractivity contribution is 6.02. The van der Waals surface area contributed by atoms with Crippen LogP contribution in [0.5, 0.6) is 0 Å². The van der Waals surface area contributed by atoms with Crippen LogP contribution >= 0.6 is 0 Å². The Hall–Kier alpha value is -4.07. The van der Waals surface area contributed by atoms with Crippen molar-refractivity contribution in [2.24, 2.45) is 0 Å². The number of nitrogen functional groups attached to an aromatic ring is 1. The van der Waals surface area contributed by atoms with Crippen molar-refractivity contribution in [2.75, 3.05) is 11.1 Å². The van der Waals surface area contributed by atoms with E-state index in [2.05, 4.69) is 20.4 Å². The van der Waals surface area contributed by atoms with Crippen molar-refractivity contribution >= 4 is 28.2 Å². The van der Waals surface area contributed by atoms with Crippen molar-refractivity contribution in [2.45, 2.75) is 32.7 Å². The number of carbonyl (C=O) groups is 1. The Labute approximate surface area is 190 Å². The summed E-state index contributed by atoms with van der Waals surface area (Å²) >= 11 is 0. The number of amides is 1. The number of pyridine rings is 2. The van der Waals surface area contributed by atoms with E-state index in [4.69, 9.17) is 5.73 Å². The van der Waals surface area contributed by atoms with Gasteiger partial charge in [-0.1, -0.05) is 5.57 Å². The highest BCUT2D eigenvalue weighted by atomic mass is 19.1. The van der Waals surface area contributed by atoms with Crippen LogP contribution in [0.4, 0.5) is 15.9 Å². The maximum atomic E-state index is 15.0. The molecule has 33 heavy (non-hydrogen) atoms. The van der Waals surface area contributed by atoms with E-state index in [-0.39, 0.29) is 11.6 Å². The van der Waals surface area contributed by atoms with E-state index in [1.165, 1.54) is 6.20 Å². The average molecular weight is 442 g/mol. The number of hydrogen-bond donors (Lipinski definition) is 2. The Kier molecular flexibility index (Phi) is 5.12. The molecule has 0 bridgehead atoms. The predicted molar refractivity (Wildman–Crippen MR) is 126 cm³/mol. The number of rotatable bonds is 4. The van der Waals surface area contributed by atoms with Crippen molar-refractivity contribution in [3.63, 3.8) is 0 Å². The molecule has 0 radical (unpaired) electrons. The van der Waals surface area contributed by atoms with Crippen molar-refractivity contribution in [1.29, 1.82) is 0 Å². The fourth-order valence-corrected chi connectivity index (χ4v) is 4.14. The smallest absolute Gasteiger partial charge is 0.249 e. The second-order valence-corrected chi connectivity index (χ2v) is 8.42. The van der Waals surface area contributed by atoms with Gasteiger partial charge in [-0.15, -0.1) is 0 Å². The number of carbonyl (C=O) groups excluding carboxylic acids is 1. The Morgan fingerprint density at radius 3 is 2.76 bits per heavy atom. The van der Waals surface area contributed by atoms with E-state index in [0.29, 0.717) is 33.8 Å². The van der Waals surface area contributed by atoms with Crippen LogP contribution in [-0.2, 0) is 4.79 Å². The largest absolute Gasteiger partial charge is 0.396 e. The van der Waals surface area contributed by atoms with Crippen molar-refractivity contribution < 1.29 is 9.18 Å². The molecule has 8 heteroatoms. The molecule has 4 aromatic rings. The molecule has 1 aromatic carbocycles. The zero-order chi connectivity index (χ0) is 23.1. The van der Waals surface area contributed by atoms with E-state index in [1.54, 1.807) is 30.6 Å². The molecule has 3 aromatic heterocycles. The number of allylic oxidation sites excluding steroid dienone is 1. The molecule has 0 atom stereocenters. The lowest BCUT2D eigenvalue weighted by Crippen LogP contribution is -2.22. The third-order valence-electron chi connectivity index (χ3n) is 6.03. The first-order valence-corrected chi connectivity index (χ1v) is 10.7. The standard InChI is InChI=1S/C25H23FN6O/c1-14-3-5-28-12-20(14)19-10-17-11-22(29-13-21(17)25(27)24(19)26)30-23(33)9-16-7-18(8-16)32-6-4-15(2)31-32/h3-6,9-13,18H,7-8,27H2,1-2H3,(H,29,30,33). The average Bonchev–Trinajstić information content (AvgIpc) is 3.19. The van der Waals surface area contributed by atoms with E-state index in [9.17, 15) is 9.18 Å². The number of benzene rings is 1. The fraction of sp³-hybridized carbons (Fsp3) is 0.200. The first kappa shape index (κ1) is 20.8. The molecular weight excluding hydrogens is 419 g/mol. The molecule has 5 rings (SSSR count). The summed E-state index contributed by atoms with van der Waals surface area (Å²) < 4.78 is 16.9. The normalized spacial score (nSPS) is 15.4. The first-order valence-electron chi connectivity index (χ1n) is 10.7. The summed E-state index contributed by atoms with van der Waals surface area (Å²) in [7, 11) is 0. The maximum absolute atomic E-state index is 15.0. The van der Waals surface area contributed by atoms with Gasteiger partial charge in [-0.2, -0.15) is 5.10 Å². The summed E-state index contributed by atoms with van der Waals surface area (Å²) in [5, 5.41) is 8.40. The van der Waals surface area contributed by atoms with Crippen molar-refractivity contribution in [1.82, 2.24) is 19.7 Å². The lowest BCUT2D eigenvalue weighted by atomic mass is 9.86. The maximum Gasteiger partial charge on any atom is 0.249 e. The minimum absolute atomic E-state index is 0.0209. The Balaban J connectivity index is 1.36. The summed E-state index contributed by atoms with van der Waals surface area (Å²) in [5.74, 6) is -0.373. The van der Waals surface area contributed by atoms with Gasteiger partial charge in [-0.25, -0.2) is 9.37 Å². The number of anilines is 2. The number of nitrogens with two attached hydrogens (primary N) is 1. The van der Waals surface area contributed by atoms with E-state index < -0.39 is 5.82 Å². The molecule has 3 heterocycles. The van der Waals surface area contributed by atoms with Gasteiger partial charge in [0.25, 0.3) is 0 Å². The molecule has 1 aliphatic rings. The number of nitrogens with zero attached hydrogens (tertiary/aromatic N) is 4. The minimum Gasteiger partial charge on any atom is -0.396 e. The Bertz CT molecular complexity index is 1420. The molecule has 0 spiro atoms. The molecule has 3 N–H and O–H groups in total. The van der Waals surface area contributed by atoms with Gasteiger partial charge in [0.05, 0.1) is 17.4 Å². The molecule has 1 fully saturated rings. The molecule has 1 amide bonds. The van der Waals surface area contributed by atoms with Crippen LogP contribution in [0.1, 0.15) is 30.1 Å². The summed E-state index contributed by atoms with van der Waals surface area (Å²) in [6.07, 6.45) is 9.93.